The van der Waals surface area contributed by atoms with Crippen molar-refractivity contribution in [2.24, 2.45) is 0 Å². The highest BCUT2D eigenvalue weighted by atomic mass is 32.2. The molecule has 0 aliphatic heterocycles. The molecule has 0 bridgehead atoms. The molecule has 0 heterocycles. The number of hydrogen-bond acceptors (Lipinski definition) is 5. The SMILES string of the molecule is CCCCCC(CC(O)CCS(=O)(=O)O)S(=O)(=O)O. The highest BCUT2D eigenvalue weighted by Gasteiger charge is 2.26. The third kappa shape index (κ3) is 10.3. The van der Waals surface area contributed by atoms with Gasteiger partial charge in [-0.3, -0.25) is 9.11 Å². The molecule has 0 rings (SSSR count). The van der Waals surface area contributed by atoms with Crippen LogP contribution in [0.3, 0.4) is 0 Å². The molecular formula is C10H22O7S2. The van der Waals surface area contributed by atoms with Gasteiger partial charge in [-0.1, -0.05) is 26.2 Å². The highest BCUT2D eigenvalue weighted by molar-refractivity contribution is 7.86. The van der Waals surface area contributed by atoms with Gasteiger partial charge in [0.1, 0.15) is 0 Å². The first kappa shape index (κ1) is 18.8. The largest absolute Gasteiger partial charge is 0.393 e. The lowest BCUT2D eigenvalue weighted by Gasteiger charge is -2.17. The van der Waals surface area contributed by atoms with Crippen molar-refractivity contribution in [1.29, 1.82) is 0 Å². The molecule has 0 spiro atoms. The van der Waals surface area contributed by atoms with Gasteiger partial charge in [0.2, 0.25) is 0 Å². The number of aliphatic hydroxyl groups excluding tert-OH is 1. The first-order valence-corrected chi connectivity index (χ1v) is 9.27. The molecule has 19 heavy (non-hydrogen) atoms. The van der Waals surface area contributed by atoms with E-state index >= 15 is 0 Å². The van der Waals surface area contributed by atoms with E-state index in [1.165, 1.54) is 0 Å². The molecule has 9 heteroatoms. The minimum Gasteiger partial charge on any atom is -0.393 e. The van der Waals surface area contributed by atoms with Gasteiger partial charge in [0.05, 0.1) is 17.1 Å². The molecule has 0 aliphatic rings. The molecule has 3 N–H and O–H groups in total. The zero-order chi connectivity index (χ0) is 15.1. The number of aliphatic hydroxyl groups is 1. The van der Waals surface area contributed by atoms with Gasteiger partial charge in [-0.05, 0) is 19.3 Å². The molecule has 0 fully saturated rings. The molecule has 2 unspecified atom stereocenters. The average Bonchev–Trinajstić information content (AvgIpc) is 2.23. The molecule has 0 saturated carbocycles. The van der Waals surface area contributed by atoms with E-state index in [1.54, 1.807) is 0 Å². The van der Waals surface area contributed by atoms with E-state index < -0.39 is 37.3 Å². The maximum Gasteiger partial charge on any atom is 0.267 e. The van der Waals surface area contributed by atoms with Gasteiger partial charge in [-0.15, -0.1) is 0 Å². The number of rotatable bonds is 10. The lowest BCUT2D eigenvalue weighted by Crippen LogP contribution is -2.27. The summed E-state index contributed by atoms with van der Waals surface area (Å²) in [6.07, 6.45) is 0.824. The van der Waals surface area contributed by atoms with Crippen LogP contribution in [0.5, 0.6) is 0 Å². The summed E-state index contributed by atoms with van der Waals surface area (Å²) < 4.78 is 60.9. The maximum atomic E-state index is 11.1. The van der Waals surface area contributed by atoms with Crippen LogP contribution >= 0.6 is 0 Å². The standard InChI is InChI=1S/C10H22O7S2/c1-2-3-4-5-10(19(15,16)17)8-9(11)6-7-18(12,13)14/h9-11H,2-8H2,1H3,(H,12,13,14)(H,15,16,17). The van der Waals surface area contributed by atoms with Crippen molar-refractivity contribution in [3.63, 3.8) is 0 Å². The Morgan fingerprint density at radius 1 is 1.00 bits per heavy atom. The second-order valence-electron chi connectivity index (χ2n) is 4.60. The van der Waals surface area contributed by atoms with Crippen LogP contribution in [0.15, 0.2) is 0 Å². The van der Waals surface area contributed by atoms with Crippen LogP contribution in [-0.4, -0.2) is 48.2 Å². The van der Waals surface area contributed by atoms with Crippen LogP contribution in [0.2, 0.25) is 0 Å². The van der Waals surface area contributed by atoms with Gasteiger partial charge in [0, 0.05) is 0 Å². The Bertz CT molecular complexity index is 440. The fourth-order valence-corrected chi connectivity index (χ4v) is 3.22. The summed E-state index contributed by atoms with van der Waals surface area (Å²) >= 11 is 0. The Morgan fingerprint density at radius 2 is 1.58 bits per heavy atom. The summed E-state index contributed by atoms with van der Waals surface area (Å²) in [6, 6.07) is 0. The Balaban J connectivity index is 4.39. The second-order valence-corrected chi connectivity index (χ2v) is 7.87. The van der Waals surface area contributed by atoms with Crippen LogP contribution in [-0.2, 0) is 20.2 Å². The van der Waals surface area contributed by atoms with Gasteiger partial charge >= 0.3 is 0 Å². The van der Waals surface area contributed by atoms with Crippen molar-refractivity contribution in [2.45, 2.75) is 56.8 Å². The molecular weight excluding hydrogens is 296 g/mol. The van der Waals surface area contributed by atoms with E-state index in [-0.39, 0.29) is 19.3 Å². The Labute approximate surface area is 114 Å². The molecule has 2 atom stereocenters. The molecule has 0 aromatic carbocycles. The normalized spacial score (nSPS) is 16.2. The maximum absolute atomic E-state index is 11.1. The third-order valence-corrected chi connectivity index (χ3v) is 4.82. The Kier molecular flexibility index (Phi) is 8.06. The summed E-state index contributed by atoms with van der Waals surface area (Å²) in [4.78, 5) is 0. The highest BCUT2D eigenvalue weighted by Crippen LogP contribution is 2.17. The quantitative estimate of drug-likeness (QED) is 0.402. The summed E-state index contributed by atoms with van der Waals surface area (Å²) in [5.41, 5.74) is 0. The zero-order valence-electron chi connectivity index (χ0n) is 10.9. The minimum atomic E-state index is -4.27. The van der Waals surface area contributed by atoms with E-state index in [1.807, 2.05) is 6.92 Å². The molecule has 0 aromatic rings. The van der Waals surface area contributed by atoms with Crippen LogP contribution in [0.1, 0.15) is 45.4 Å². The summed E-state index contributed by atoms with van der Waals surface area (Å²) in [5.74, 6) is -0.638. The van der Waals surface area contributed by atoms with Gasteiger partial charge < -0.3 is 5.11 Å². The molecule has 0 saturated heterocycles. The fraction of sp³-hybridized carbons (Fsp3) is 1.00. The van der Waals surface area contributed by atoms with E-state index in [2.05, 4.69) is 0 Å². The van der Waals surface area contributed by atoms with Crippen molar-refractivity contribution in [3.8, 4) is 0 Å². The van der Waals surface area contributed by atoms with Crippen molar-refractivity contribution >= 4 is 20.2 Å². The van der Waals surface area contributed by atoms with Gasteiger partial charge in [-0.25, -0.2) is 0 Å². The zero-order valence-corrected chi connectivity index (χ0v) is 12.5. The van der Waals surface area contributed by atoms with Gasteiger partial charge in [-0.2, -0.15) is 16.8 Å². The Morgan fingerprint density at radius 3 is 2.00 bits per heavy atom. The summed E-state index contributed by atoms with van der Waals surface area (Å²) in [7, 11) is -8.45. The van der Waals surface area contributed by atoms with Crippen molar-refractivity contribution in [1.82, 2.24) is 0 Å². The lowest BCUT2D eigenvalue weighted by atomic mass is 10.1. The van der Waals surface area contributed by atoms with Gasteiger partial charge in [0.25, 0.3) is 20.2 Å². The third-order valence-electron chi connectivity index (χ3n) is 2.79. The van der Waals surface area contributed by atoms with E-state index in [0.29, 0.717) is 6.42 Å². The van der Waals surface area contributed by atoms with Crippen LogP contribution in [0.25, 0.3) is 0 Å². The first-order valence-electron chi connectivity index (χ1n) is 6.15. The van der Waals surface area contributed by atoms with Crippen molar-refractivity contribution in [3.05, 3.63) is 0 Å². The minimum absolute atomic E-state index is 0.218. The number of unbranched alkanes of at least 4 members (excludes halogenated alkanes) is 2. The molecule has 0 radical (unpaired) electrons. The van der Waals surface area contributed by atoms with Crippen LogP contribution in [0.4, 0.5) is 0 Å². The Hall–Kier alpha value is -0.220. The monoisotopic (exact) mass is 318 g/mol. The van der Waals surface area contributed by atoms with Gasteiger partial charge in [0.15, 0.2) is 0 Å². The van der Waals surface area contributed by atoms with Crippen LogP contribution in [0, 0.1) is 0 Å². The fourth-order valence-electron chi connectivity index (χ4n) is 1.72. The predicted molar refractivity (Wildman–Crippen MR) is 71.1 cm³/mol. The predicted octanol–water partition coefficient (Wildman–Crippen LogP) is 0.852. The summed E-state index contributed by atoms with van der Waals surface area (Å²) in [5, 5.41) is 8.45. The van der Waals surface area contributed by atoms with Crippen molar-refractivity contribution < 1.29 is 31.0 Å². The van der Waals surface area contributed by atoms with E-state index in [0.717, 1.165) is 12.8 Å². The first-order chi connectivity index (χ1) is 8.56. The smallest absolute Gasteiger partial charge is 0.267 e. The molecule has 0 amide bonds. The summed E-state index contributed by atoms with van der Waals surface area (Å²) in [6.45, 7) is 1.95. The lowest BCUT2D eigenvalue weighted by molar-refractivity contribution is 0.156. The van der Waals surface area contributed by atoms with Crippen LogP contribution < -0.4 is 0 Å². The van der Waals surface area contributed by atoms with E-state index in [9.17, 15) is 21.9 Å². The molecule has 0 aliphatic carbocycles. The second kappa shape index (κ2) is 8.15. The van der Waals surface area contributed by atoms with Crippen molar-refractivity contribution in [2.75, 3.05) is 5.75 Å². The van der Waals surface area contributed by atoms with E-state index in [4.69, 9.17) is 9.11 Å². The number of hydrogen-bond donors (Lipinski definition) is 3. The topological polar surface area (TPSA) is 129 Å². The molecule has 116 valence electrons. The average molecular weight is 318 g/mol. The molecule has 7 nitrogen and oxygen atoms in total. The molecule has 0 aromatic heterocycles.